The van der Waals surface area contributed by atoms with E-state index in [1.807, 2.05) is 6.08 Å². The molecule has 1 atom stereocenters. The highest BCUT2D eigenvalue weighted by atomic mass is 16.1. The van der Waals surface area contributed by atoms with Gasteiger partial charge in [-0.25, -0.2) is 0 Å². The Morgan fingerprint density at radius 1 is 1.62 bits per heavy atom. The molecular formula is C12H18O. The van der Waals surface area contributed by atoms with Crippen LogP contribution >= 0.6 is 0 Å². The molecule has 72 valence electrons. The van der Waals surface area contributed by atoms with E-state index in [1.165, 1.54) is 5.57 Å². The SMILES string of the molecule is CC(C)=CCCC1CCC=CC1=O. The molecular weight excluding hydrogens is 160 g/mol. The smallest absolute Gasteiger partial charge is 0.158 e. The van der Waals surface area contributed by atoms with Crippen molar-refractivity contribution < 1.29 is 4.79 Å². The van der Waals surface area contributed by atoms with Crippen LogP contribution in [0.5, 0.6) is 0 Å². The summed E-state index contributed by atoms with van der Waals surface area (Å²) in [4.78, 5) is 11.4. The largest absolute Gasteiger partial charge is 0.295 e. The van der Waals surface area contributed by atoms with Gasteiger partial charge in [0.15, 0.2) is 5.78 Å². The van der Waals surface area contributed by atoms with Gasteiger partial charge in [-0.1, -0.05) is 17.7 Å². The van der Waals surface area contributed by atoms with Crippen LogP contribution in [0.3, 0.4) is 0 Å². The Morgan fingerprint density at radius 3 is 3.00 bits per heavy atom. The maximum Gasteiger partial charge on any atom is 0.158 e. The summed E-state index contributed by atoms with van der Waals surface area (Å²) >= 11 is 0. The van der Waals surface area contributed by atoms with Crippen molar-refractivity contribution in [3.8, 4) is 0 Å². The summed E-state index contributed by atoms with van der Waals surface area (Å²) in [5.41, 5.74) is 1.35. The van der Waals surface area contributed by atoms with E-state index in [9.17, 15) is 4.79 Å². The molecule has 0 spiro atoms. The zero-order chi connectivity index (χ0) is 9.68. The van der Waals surface area contributed by atoms with Gasteiger partial charge in [0, 0.05) is 5.92 Å². The quantitative estimate of drug-likeness (QED) is 0.606. The highest BCUT2D eigenvalue weighted by Gasteiger charge is 2.16. The van der Waals surface area contributed by atoms with Gasteiger partial charge < -0.3 is 0 Å². The molecule has 0 fully saturated rings. The van der Waals surface area contributed by atoms with E-state index in [-0.39, 0.29) is 0 Å². The molecule has 0 saturated carbocycles. The highest BCUT2D eigenvalue weighted by Crippen LogP contribution is 2.20. The number of rotatable bonds is 3. The van der Waals surface area contributed by atoms with Crippen molar-refractivity contribution in [3.05, 3.63) is 23.8 Å². The minimum absolute atomic E-state index is 0.292. The fourth-order valence-electron chi connectivity index (χ4n) is 1.64. The molecule has 0 aromatic heterocycles. The molecule has 0 saturated heterocycles. The highest BCUT2D eigenvalue weighted by molar-refractivity contribution is 5.92. The van der Waals surface area contributed by atoms with Crippen molar-refractivity contribution in [2.75, 3.05) is 0 Å². The van der Waals surface area contributed by atoms with Crippen molar-refractivity contribution >= 4 is 5.78 Å². The molecule has 13 heavy (non-hydrogen) atoms. The van der Waals surface area contributed by atoms with E-state index in [0.717, 1.165) is 25.7 Å². The first-order valence-electron chi connectivity index (χ1n) is 5.04. The number of allylic oxidation sites excluding steroid dienone is 4. The summed E-state index contributed by atoms with van der Waals surface area (Å²) in [6, 6.07) is 0. The number of hydrogen-bond acceptors (Lipinski definition) is 1. The Labute approximate surface area is 80.5 Å². The van der Waals surface area contributed by atoms with Crippen LogP contribution in [-0.2, 0) is 4.79 Å². The standard InChI is InChI=1S/C12H18O/c1-10(2)6-5-8-11-7-3-4-9-12(11)13/h4,6,9,11H,3,5,7-8H2,1-2H3. The van der Waals surface area contributed by atoms with Crippen LogP contribution in [0.2, 0.25) is 0 Å². The second kappa shape index (κ2) is 5.00. The van der Waals surface area contributed by atoms with Crippen molar-refractivity contribution in [1.82, 2.24) is 0 Å². The van der Waals surface area contributed by atoms with Gasteiger partial charge in [0.1, 0.15) is 0 Å². The minimum Gasteiger partial charge on any atom is -0.295 e. The maximum absolute atomic E-state index is 11.4. The van der Waals surface area contributed by atoms with Crippen LogP contribution in [0, 0.1) is 5.92 Å². The van der Waals surface area contributed by atoms with Crippen LogP contribution < -0.4 is 0 Å². The zero-order valence-corrected chi connectivity index (χ0v) is 8.55. The van der Waals surface area contributed by atoms with Crippen molar-refractivity contribution in [3.63, 3.8) is 0 Å². The lowest BCUT2D eigenvalue weighted by molar-refractivity contribution is -0.118. The van der Waals surface area contributed by atoms with Gasteiger partial charge in [0.05, 0.1) is 0 Å². The average Bonchev–Trinajstić information content (AvgIpc) is 2.08. The molecule has 1 aliphatic carbocycles. The van der Waals surface area contributed by atoms with Crippen LogP contribution in [0.25, 0.3) is 0 Å². The molecule has 0 aromatic carbocycles. The molecule has 0 bridgehead atoms. The molecule has 0 aromatic rings. The molecule has 0 aliphatic heterocycles. The number of ketones is 1. The van der Waals surface area contributed by atoms with Gasteiger partial charge in [-0.15, -0.1) is 0 Å². The lowest BCUT2D eigenvalue weighted by atomic mass is 9.89. The van der Waals surface area contributed by atoms with Crippen LogP contribution in [0.1, 0.15) is 39.5 Å². The van der Waals surface area contributed by atoms with Gasteiger partial charge in [-0.05, 0) is 45.6 Å². The maximum atomic E-state index is 11.4. The van der Waals surface area contributed by atoms with Crippen molar-refractivity contribution in [1.29, 1.82) is 0 Å². The zero-order valence-electron chi connectivity index (χ0n) is 8.55. The third-order valence-corrected chi connectivity index (χ3v) is 2.43. The molecule has 1 heteroatoms. The van der Waals surface area contributed by atoms with E-state index >= 15 is 0 Å². The Morgan fingerprint density at radius 2 is 2.38 bits per heavy atom. The summed E-state index contributed by atoms with van der Waals surface area (Å²) in [6.45, 7) is 4.20. The van der Waals surface area contributed by atoms with E-state index in [2.05, 4.69) is 19.9 Å². The van der Waals surface area contributed by atoms with Gasteiger partial charge in [-0.3, -0.25) is 4.79 Å². The van der Waals surface area contributed by atoms with Crippen molar-refractivity contribution in [2.45, 2.75) is 39.5 Å². The van der Waals surface area contributed by atoms with E-state index in [0.29, 0.717) is 11.7 Å². The van der Waals surface area contributed by atoms with E-state index in [1.54, 1.807) is 6.08 Å². The predicted molar refractivity (Wildman–Crippen MR) is 55.5 cm³/mol. The number of carbonyl (C=O) groups excluding carboxylic acids is 1. The van der Waals surface area contributed by atoms with Gasteiger partial charge in [-0.2, -0.15) is 0 Å². The summed E-state index contributed by atoms with van der Waals surface area (Å²) in [6.07, 6.45) is 10.1. The lowest BCUT2D eigenvalue weighted by Gasteiger charge is -2.15. The lowest BCUT2D eigenvalue weighted by Crippen LogP contribution is -2.14. The van der Waals surface area contributed by atoms with E-state index in [4.69, 9.17) is 0 Å². The Hall–Kier alpha value is -0.850. The fourth-order valence-corrected chi connectivity index (χ4v) is 1.64. The average molecular weight is 178 g/mol. The third kappa shape index (κ3) is 3.58. The molecule has 0 amide bonds. The summed E-state index contributed by atoms with van der Waals surface area (Å²) in [7, 11) is 0. The molecule has 0 heterocycles. The Balaban J connectivity index is 2.33. The monoisotopic (exact) mass is 178 g/mol. The number of hydrogen-bond donors (Lipinski definition) is 0. The molecule has 1 unspecified atom stereocenters. The molecule has 1 nitrogen and oxygen atoms in total. The Bertz CT molecular complexity index is 232. The molecule has 1 rings (SSSR count). The molecule has 0 N–H and O–H groups in total. The van der Waals surface area contributed by atoms with Crippen LogP contribution in [0.15, 0.2) is 23.8 Å². The summed E-state index contributed by atoms with van der Waals surface area (Å²) in [5, 5.41) is 0. The normalized spacial score (nSPS) is 21.7. The fraction of sp³-hybridized carbons (Fsp3) is 0.583. The second-order valence-electron chi connectivity index (χ2n) is 3.94. The predicted octanol–water partition coefficient (Wildman–Crippen LogP) is 3.27. The Kier molecular flexibility index (Phi) is 3.94. The van der Waals surface area contributed by atoms with Gasteiger partial charge in [0.2, 0.25) is 0 Å². The summed E-state index contributed by atoms with van der Waals surface area (Å²) in [5.74, 6) is 0.619. The molecule has 0 radical (unpaired) electrons. The topological polar surface area (TPSA) is 17.1 Å². The van der Waals surface area contributed by atoms with Crippen LogP contribution in [0.4, 0.5) is 0 Å². The van der Waals surface area contributed by atoms with Crippen molar-refractivity contribution in [2.24, 2.45) is 5.92 Å². The van der Waals surface area contributed by atoms with E-state index < -0.39 is 0 Å². The first-order chi connectivity index (χ1) is 6.20. The molecule has 1 aliphatic rings. The minimum atomic E-state index is 0.292. The second-order valence-corrected chi connectivity index (χ2v) is 3.94. The summed E-state index contributed by atoms with van der Waals surface area (Å²) < 4.78 is 0. The van der Waals surface area contributed by atoms with Gasteiger partial charge in [0.25, 0.3) is 0 Å². The van der Waals surface area contributed by atoms with Gasteiger partial charge >= 0.3 is 0 Å². The first-order valence-corrected chi connectivity index (χ1v) is 5.04. The number of carbonyl (C=O) groups is 1. The first kappa shape index (κ1) is 10.2. The van der Waals surface area contributed by atoms with Crippen LogP contribution in [-0.4, -0.2) is 5.78 Å². The third-order valence-electron chi connectivity index (χ3n) is 2.43.